The van der Waals surface area contributed by atoms with Crippen LogP contribution < -0.4 is 45.0 Å². The third kappa shape index (κ3) is 2.64. The molecule has 24 heavy (non-hydrogen) atoms. The van der Waals surface area contributed by atoms with E-state index in [4.69, 9.17) is 20.8 Å². The monoisotopic (exact) mass is 350 g/mol. The minimum absolute atomic E-state index is 0. The molecule has 4 rings (SSSR count). The first-order valence-electron chi connectivity index (χ1n) is 7.13. The fraction of sp³-hybridized carbons (Fsp3) is 0.167. The molecule has 6 heteroatoms. The van der Waals surface area contributed by atoms with Gasteiger partial charge in [0.15, 0.2) is 0 Å². The van der Waals surface area contributed by atoms with E-state index in [1.165, 1.54) is 0 Å². The van der Waals surface area contributed by atoms with Crippen molar-refractivity contribution in [3.05, 3.63) is 57.4 Å². The number of fused-ring (bicyclic) bond motifs is 4. The normalized spacial score (nSPS) is 14.3. The molecule has 1 aliphatic rings. The van der Waals surface area contributed by atoms with Crippen LogP contribution in [0.1, 0.15) is 19.4 Å². The molecule has 0 radical (unpaired) electrons. The van der Waals surface area contributed by atoms with Crippen LogP contribution in [0.25, 0.3) is 22.1 Å². The summed E-state index contributed by atoms with van der Waals surface area (Å²) in [6.45, 7) is 3.88. The fourth-order valence-electron chi connectivity index (χ4n) is 3.04. The molecule has 2 heterocycles. The van der Waals surface area contributed by atoms with Crippen LogP contribution >= 0.6 is 11.6 Å². The van der Waals surface area contributed by atoms with Crippen molar-refractivity contribution < 1.29 is 43.8 Å². The Hall–Kier alpha value is -1.46. The molecule has 2 aromatic carbocycles. The molecule has 1 aromatic heterocycles. The maximum Gasteiger partial charge on any atom is 1.00 e. The molecule has 0 bridgehead atoms. The van der Waals surface area contributed by atoms with E-state index in [0.29, 0.717) is 16.2 Å². The Bertz CT molecular complexity index is 1020. The van der Waals surface area contributed by atoms with Crippen molar-refractivity contribution in [2.24, 2.45) is 0 Å². The first-order valence-corrected chi connectivity index (χ1v) is 7.51. The summed E-state index contributed by atoms with van der Waals surface area (Å²) in [5.41, 5.74) is 1.67. The summed E-state index contributed by atoms with van der Waals surface area (Å²) >= 11 is 6.11. The van der Waals surface area contributed by atoms with E-state index in [9.17, 15) is 9.90 Å². The molecule has 4 nitrogen and oxygen atoms in total. The third-order valence-corrected chi connectivity index (χ3v) is 4.33. The van der Waals surface area contributed by atoms with Crippen LogP contribution in [0.5, 0.6) is 11.5 Å². The van der Waals surface area contributed by atoms with Gasteiger partial charge in [0.1, 0.15) is 16.9 Å². The average Bonchev–Trinajstić information content (AvgIpc) is 2.45. The quantitative estimate of drug-likeness (QED) is 0.445. The van der Waals surface area contributed by atoms with Gasteiger partial charge in [0.05, 0.1) is 0 Å². The van der Waals surface area contributed by atoms with Gasteiger partial charge in [-0.15, -0.1) is 0 Å². The maximum atomic E-state index is 12.1. The van der Waals surface area contributed by atoms with Crippen molar-refractivity contribution in [3.63, 3.8) is 0 Å². The van der Waals surface area contributed by atoms with Gasteiger partial charge >= 0.3 is 35.2 Å². The molecule has 0 amide bonds. The molecule has 0 unspecified atom stereocenters. The van der Waals surface area contributed by atoms with Crippen LogP contribution in [-0.4, -0.2) is 0 Å². The summed E-state index contributed by atoms with van der Waals surface area (Å²) in [6, 6.07) is 9.85. The Morgan fingerprint density at radius 3 is 2.58 bits per heavy atom. The van der Waals surface area contributed by atoms with Crippen LogP contribution in [0.15, 0.2) is 45.6 Å². The first kappa shape index (κ1) is 17.4. The van der Waals surface area contributed by atoms with E-state index >= 15 is 0 Å². The Morgan fingerprint density at radius 2 is 1.83 bits per heavy atom. The number of benzene rings is 2. The van der Waals surface area contributed by atoms with Crippen LogP contribution in [0.2, 0.25) is 5.02 Å². The van der Waals surface area contributed by atoms with Crippen molar-refractivity contribution >= 4 is 22.6 Å². The van der Waals surface area contributed by atoms with Crippen LogP contribution in [0.4, 0.5) is 0 Å². The minimum atomic E-state index is -0.662. The molecule has 116 valence electrons. The van der Waals surface area contributed by atoms with Gasteiger partial charge in [0.2, 0.25) is 0 Å². The van der Waals surface area contributed by atoms with E-state index < -0.39 is 11.2 Å². The van der Waals surface area contributed by atoms with Crippen LogP contribution in [-0.2, 0) is 5.60 Å². The minimum Gasteiger partial charge on any atom is -0.872 e. The van der Waals surface area contributed by atoms with Gasteiger partial charge in [-0.25, -0.2) is 4.79 Å². The van der Waals surface area contributed by atoms with Gasteiger partial charge in [-0.2, -0.15) is 0 Å². The standard InChI is InChI=1S/C18H13ClO4.Na/c1-18(2)13-5-9(19)3-4-10(13)11-6-12-14(20)7-17(21)22-15(12)8-16(11)23-18;/h3-8,20H,1-2H3;/q;+1/p-1. The predicted molar refractivity (Wildman–Crippen MR) is 86.0 cm³/mol. The van der Waals surface area contributed by atoms with Crippen LogP contribution in [0.3, 0.4) is 0 Å². The Kier molecular flexibility index (Phi) is 4.21. The second-order valence-corrected chi connectivity index (χ2v) is 6.51. The van der Waals surface area contributed by atoms with E-state index in [2.05, 4.69) is 0 Å². The van der Waals surface area contributed by atoms with E-state index in [1.54, 1.807) is 18.2 Å². The van der Waals surface area contributed by atoms with E-state index in [1.807, 2.05) is 26.0 Å². The SMILES string of the molecule is CC1(C)Oc2cc3oc(=O)cc([O-])c3cc2-c2ccc(Cl)cc21.[Na+]. The summed E-state index contributed by atoms with van der Waals surface area (Å²) in [6.07, 6.45) is 0. The third-order valence-electron chi connectivity index (χ3n) is 4.09. The van der Waals surface area contributed by atoms with Crippen molar-refractivity contribution in [2.45, 2.75) is 19.4 Å². The number of ether oxygens (including phenoxy) is 1. The second kappa shape index (κ2) is 5.81. The van der Waals surface area contributed by atoms with Gasteiger partial charge in [-0.05, 0) is 37.6 Å². The number of hydrogen-bond donors (Lipinski definition) is 0. The second-order valence-electron chi connectivity index (χ2n) is 6.08. The predicted octanol–water partition coefficient (Wildman–Crippen LogP) is 0.818. The zero-order chi connectivity index (χ0) is 16.4. The van der Waals surface area contributed by atoms with Crippen molar-refractivity contribution in [3.8, 4) is 22.6 Å². The number of rotatable bonds is 0. The molecular weight excluding hydrogens is 339 g/mol. The van der Waals surface area contributed by atoms with Crippen LogP contribution in [0, 0.1) is 0 Å². The van der Waals surface area contributed by atoms with Crippen molar-refractivity contribution in [1.82, 2.24) is 0 Å². The smallest absolute Gasteiger partial charge is 0.872 e. The summed E-state index contributed by atoms with van der Waals surface area (Å²) in [5, 5.41) is 13.0. The molecule has 0 N–H and O–H groups in total. The van der Waals surface area contributed by atoms with Gasteiger partial charge in [0, 0.05) is 33.7 Å². The van der Waals surface area contributed by atoms with Gasteiger partial charge in [-0.3, -0.25) is 0 Å². The van der Waals surface area contributed by atoms with Crippen molar-refractivity contribution in [2.75, 3.05) is 0 Å². The molecular formula is C18H12ClNaO4. The number of hydrogen-bond acceptors (Lipinski definition) is 4. The zero-order valence-electron chi connectivity index (χ0n) is 13.5. The largest absolute Gasteiger partial charge is 1.00 e. The molecule has 0 saturated heterocycles. The van der Waals surface area contributed by atoms with E-state index in [-0.39, 0.29) is 40.9 Å². The molecule has 0 fully saturated rings. The van der Waals surface area contributed by atoms with Gasteiger partial charge < -0.3 is 14.3 Å². The topological polar surface area (TPSA) is 62.5 Å². The molecule has 0 saturated carbocycles. The molecule has 1 aliphatic heterocycles. The van der Waals surface area contributed by atoms with Crippen molar-refractivity contribution in [1.29, 1.82) is 0 Å². The Morgan fingerprint density at radius 1 is 1.08 bits per heavy atom. The summed E-state index contributed by atoms with van der Waals surface area (Å²) < 4.78 is 11.2. The molecule has 0 atom stereocenters. The first-order chi connectivity index (χ1) is 10.8. The Labute approximate surface area is 165 Å². The Balaban J connectivity index is 0.00000169. The molecule has 0 spiro atoms. The average molecular weight is 351 g/mol. The fourth-order valence-corrected chi connectivity index (χ4v) is 3.21. The summed E-state index contributed by atoms with van der Waals surface area (Å²) in [5.74, 6) is 0.213. The molecule has 3 aromatic rings. The van der Waals surface area contributed by atoms with Gasteiger partial charge in [0.25, 0.3) is 0 Å². The maximum absolute atomic E-state index is 12.1. The molecule has 0 aliphatic carbocycles. The zero-order valence-corrected chi connectivity index (χ0v) is 16.2. The summed E-state index contributed by atoms with van der Waals surface area (Å²) in [7, 11) is 0. The van der Waals surface area contributed by atoms with Gasteiger partial charge in [-0.1, -0.05) is 23.4 Å². The van der Waals surface area contributed by atoms with E-state index in [0.717, 1.165) is 22.8 Å². The summed E-state index contributed by atoms with van der Waals surface area (Å²) in [4.78, 5) is 11.4. The number of halogens is 1.